The van der Waals surface area contributed by atoms with E-state index in [0.717, 1.165) is 38.5 Å². The summed E-state index contributed by atoms with van der Waals surface area (Å²) >= 11 is 0. The van der Waals surface area contributed by atoms with Crippen molar-refractivity contribution >= 4 is 5.91 Å². The zero-order valence-corrected chi connectivity index (χ0v) is 40.7. The molecule has 0 aliphatic rings. The first-order chi connectivity index (χ1) is 29.5. The number of unbranched alkanes of at least 4 members (excludes halogenated alkanes) is 42. The fraction of sp³-hybridized carbons (Fsp3) is 0.981. The van der Waals surface area contributed by atoms with Crippen LogP contribution in [-0.2, 0) is 4.79 Å². The summed E-state index contributed by atoms with van der Waals surface area (Å²) in [5.74, 6) is -0.578. The quantitative estimate of drug-likeness (QED) is 0.0392. The van der Waals surface area contributed by atoms with E-state index in [0.29, 0.717) is 12.8 Å². The van der Waals surface area contributed by atoms with E-state index in [1.807, 2.05) is 0 Å². The average Bonchev–Trinajstić information content (AvgIpc) is 3.25. The molecule has 0 heterocycles. The normalized spacial score (nSPS) is 13.8. The van der Waals surface area contributed by atoms with Gasteiger partial charge >= 0.3 is 0 Å². The second-order valence-corrected chi connectivity index (χ2v) is 19.3. The van der Waals surface area contributed by atoms with Gasteiger partial charge in [0, 0.05) is 0 Å². The van der Waals surface area contributed by atoms with Gasteiger partial charge in [-0.05, 0) is 12.8 Å². The van der Waals surface area contributed by atoms with E-state index in [-0.39, 0.29) is 0 Å². The number of amides is 1. The fourth-order valence-electron chi connectivity index (χ4n) is 9.00. The highest BCUT2D eigenvalue weighted by Gasteiger charge is 2.28. The molecule has 0 spiro atoms. The Morgan fingerprint density at radius 2 is 0.567 bits per heavy atom. The van der Waals surface area contributed by atoms with E-state index < -0.39 is 36.9 Å². The van der Waals surface area contributed by atoms with Gasteiger partial charge in [0.15, 0.2) is 0 Å². The van der Waals surface area contributed by atoms with Crippen LogP contribution in [0.4, 0.5) is 0 Å². The largest absolute Gasteiger partial charge is 0.394 e. The number of carbonyl (C=O) groups is 1. The summed E-state index contributed by atoms with van der Waals surface area (Å²) in [6.07, 6.45) is 56.3. The van der Waals surface area contributed by atoms with Crippen LogP contribution in [0.2, 0.25) is 0 Å². The number of hydrogen-bond donors (Lipinski definition) is 5. The topological polar surface area (TPSA) is 110 Å². The smallest absolute Gasteiger partial charge is 0.249 e. The van der Waals surface area contributed by atoms with Gasteiger partial charge in [-0.2, -0.15) is 0 Å². The highest BCUT2D eigenvalue weighted by Crippen LogP contribution is 2.19. The average molecular weight is 852 g/mol. The monoisotopic (exact) mass is 852 g/mol. The number of carbonyl (C=O) groups excluding carboxylic acids is 1. The van der Waals surface area contributed by atoms with Crippen LogP contribution >= 0.6 is 0 Å². The van der Waals surface area contributed by atoms with Crippen molar-refractivity contribution in [3.8, 4) is 0 Å². The molecule has 0 bridgehead atoms. The summed E-state index contributed by atoms with van der Waals surface area (Å²) in [6.45, 7) is 4.06. The van der Waals surface area contributed by atoms with Crippen molar-refractivity contribution in [2.45, 2.75) is 334 Å². The zero-order chi connectivity index (χ0) is 43.8. The summed E-state index contributed by atoms with van der Waals surface area (Å²) in [6, 6.07) is -0.978. The Kier molecular flexibility index (Phi) is 48.8. The highest BCUT2D eigenvalue weighted by atomic mass is 16.3. The molecule has 0 aliphatic heterocycles. The summed E-state index contributed by atoms with van der Waals surface area (Å²) in [4.78, 5) is 12.5. The highest BCUT2D eigenvalue weighted by molar-refractivity contribution is 5.80. The van der Waals surface area contributed by atoms with Gasteiger partial charge in [-0.25, -0.2) is 0 Å². The van der Waals surface area contributed by atoms with Gasteiger partial charge < -0.3 is 25.7 Å². The number of nitrogens with one attached hydrogen (secondary N) is 1. The molecule has 0 aliphatic carbocycles. The van der Waals surface area contributed by atoms with Crippen LogP contribution in [-0.4, -0.2) is 57.3 Å². The minimum Gasteiger partial charge on any atom is -0.394 e. The maximum atomic E-state index is 12.5. The predicted molar refractivity (Wildman–Crippen MR) is 261 cm³/mol. The second kappa shape index (κ2) is 49.3. The minimum atomic E-state index is -1.25. The molecule has 6 heteroatoms. The molecule has 0 aromatic carbocycles. The van der Waals surface area contributed by atoms with E-state index in [1.165, 1.54) is 244 Å². The first kappa shape index (κ1) is 59.3. The lowest BCUT2D eigenvalue weighted by Gasteiger charge is -2.27. The Labute approximate surface area is 375 Å². The Morgan fingerprint density at radius 3 is 0.800 bits per heavy atom. The molecule has 0 aromatic heterocycles. The molecule has 0 aromatic rings. The van der Waals surface area contributed by atoms with E-state index in [4.69, 9.17) is 0 Å². The van der Waals surface area contributed by atoms with Gasteiger partial charge in [-0.1, -0.05) is 296 Å². The maximum Gasteiger partial charge on any atom is 0.249 e. The van der Waals surface area contributed by atoms with Crippen LogP contribution in [0.1, 0.15) is 309 Å². The van der Waals surface area contributed by atoms with Crippen molar-refractivity contribution in [1.82, 2.24) is 5.32 Å². The van der Waals surface area contributed by atoms with E-state index in [1.54, 1.807) is 0 Å². The van der Waals surface area contributed by atoms with Crippen LogP contribution in [0.3, 0.4) is 0 Å². The van der Waals surface area contributed by atoms with E-state index >= 15 is 0 Å². The van der Waals surface area contributed by atoms with Crippen molar-refractivity contribution in [2.24, 2.45) is 0 Å². The molecule has 1 amide bonds. The van der Waals surface area contributed by atoms with Crippen LogP contribution in [0.5, 0.6) is 0 Å². The van der Waals surface area contributed by atoms with Crippen molar-refractivity contribution in [3.05, 3.63) is 0 Å². The minimum absolute atomic E-state index is 0.376. The second-order valence-electron chi connectivity index (χ2n) is 19.3. The molecule has 4 unspecified atom stereocenters. The van der Waals surface area contributed by atoms with Crippen molar-refractivity contribution in [1.29, 1.82) is 0 Å². The zero-order valence-electron chi connectivity index (χ0n) is 40.7. The van der Waals surface area contributed by atoms with Crippen LogP contribution in [0.15, 0.2) is 0 Å². The standard InChI is InChI=1S/C54H109NO5/c1-3-5-7-9-11-13-15-16-17-18-19-20-21-22-23-24-25-26-27-28-29-30-31-32-33-34-35-36-37-38-40-42-44-46-48-52(58)54(60)55-50(49-56)53(59)51(57)47-45-43-41-39-14-12-10-8-6-4-2/h50-53,56-59H,3-49H2,1-2H3,(H,55,60). The lowest BCUT2D eigenvalue weighted by molar-refractivity contribution is -0.132. The Balaban J connectivity index is 3.46. The molecule has 0 rings (SSSR count). The van der Waals surface area contributed by atoms with Crippen molar-refractivity contribution < 1.29 is 25.2 Å². The number of aliphatic hydroxyl groups excluding tert-OH is 4. The summed E-state index contributed by atoms with van der Waals surface area (Å²) in [5.41, 5.74) is 0. The van der Waals surface area contributed by atoms with Gasteiger partial charge in [0.05, 0.1) is 18.8 Å². The van der Waals surface area contributed by atoms with Crippen molar-refractivity contribution in [2.75, 3.05) is 6.61 Å². The molecule has 5 N–H and O–H groups in total. The summed E-state index contributed by atoms with van der Waals surface area (Å²) < 4.78 is 0. The third-order valence-electron chi connectivity index (χ3n) is 13.3. The summed E-state index contributed by atoms with van der Waals surface area (Å²) in [5, 5.41) is 43.7. The Bertz CT molecular complexity index is 826. The summed E-state index contributed by atoms with van der Waals surface area (Å²) in [7, 11) is 0. The predicted octanol–water partition coefficient (Wildman–Crippen LogP) is 15.5. The first-order valence-corrected chi connectivity index (χ1v) is 27.4. The maximum absolute atomic E-state index is 12.5. The Hall–Kier alpha value is -0.690. The molecule has 360 valence electrons. The van der Waals surface area contributed by atoms with Crippen LogP contribution in [0, 0.1) is 0 Å². The van der Waals surface area contributed by atoms with Crippen LogP contribution in [0.25, 0.3) is 0 Å². The van der Waals surface area contributed by atoms with Gasteiger partial charge in [0.1, 0.15) is 12.2 Å². The Morgan fingerprint density at radius 1 is 0.350 bits per heavy atom. The third-order valence-corrected chi connectivity index (χ3v) is 13.3. The SMILES string of the molecule is CCCCCCCCCCCCCCCCCCCCCCCCCCCCCCCCCCCCC(O)C(=O)NC(CO)C(O)C(O)CCCCCCCCCCCC. The molecule has 0 fully saturated rings. The van der Waals surface area contributed by atoms with E-state index in [9.17, 15) is 25.2 Å². The molecule has 0 radical (unpaired) electrons. The molecular weight excluding hydrogens is 743 g/mol. The lowest BCUT2D eigenvalue weighted by Crippen LogP contribution is -2.53. The molecule has 60 heavy (non-hydrogen) atoms. The molecule has 6 nitrogen and oxygen atoms in total. The van der Waals surface area contributed by atoms with Crippen molar-refractivity contribution in [3.63, 3.8) is 0 Å². The van der Waals surface area contributed by atoms with Gasteiger partial charge in [0.25, 0.3) is 0 Å². The van der Waals surface area contributed by atoms with E-state index in [2.05, 4.69) is 19.2 Å². The number of aliphatic hydroxyl groups is 4. The third kappa shape index (κ3) is 42.6. The van der Waals surface area contributed by atoms with Crippen LogP contribution < -0.4 is 5.32 Å². The first-order valence-electron chi connectivity index (χ1n) is 27.4. The molecule has 4 atom stereocenters. The molecular formula is C54H109NO5. The number of hydrogen-bond acceptors (Lipinski definition) is 5. The molecule has 0 saturated carbocycles. The van der Waals surface area contributed by atoms with Gasteiger partial charge in [-0.15, -0.1) is 0 Å². The number of rotatable bonds is 51. The fourth-order valence-corrected chi connectivity index (χ4v) is 9.00. The van der Waals surface area contributed by atoms with Gasteiger partial charge in [-0.3, -0.25) is 4.79 Å². The lowest BCUT2D eigenvalue weighted by atomic mass is 9.99. The van der Waals surface area contributed by atoms with Gasteiger partial charge in [0.2, 0.25) is 5.91 Å². The molecule has 0 saturated heterocycles.